The van der Waals surface area contributed by atoms with E-state index in [1.807, 2.05) is 18.4 Å². The van der Waals surface area contributed by atoms with E-state index in [9.17, 15) is 13.2 Å². The quantitative estimate of drug-likeness (QED) is 0.581. The van der Waals surface area contributed by atoms with Crippen LogP contribution in [0.25, 0.3) is 0 Å². The number of hydrogen-bond donors (Lipinski definition) is 0. The van der Waals surface area contributed by atoms with Crippen LogP contribution in [0, 0.1) is 0 Å². The summed E-state index contributed by atoms with van der Waals surface area (Å²) in [6, 6.07) is 8.61. The summed E-state index contributed by atoms with van der Waals surface area (Å²) in [7, 11) is 0. The molecule has 0 saturated heterocycles. The first-order valence-electron chi connectivity index (χ1n) is 5.69. The fraction of sp³-hybridized carbons (Fsp3) is 0.143. The van der Waals surface area contributed by atoms with E-state index in [0.717, 1.165) is 17.0 Å². The summed E-state index contributed by atoms with van der Waals surface area (Å²) in [6.07, 6.45) is -2.58. The fourth-order valence-electron chi connectivity index (χ4n) is 1.58. The van der Waals surface area contributed by atoms with Crippen molar-refractivity contribution in [1.29, 1.82) is 0 Å². The van der Waals surface area contributed by atoms with Gasteiger partial charge in [0.1, 0.15) is 5.75 Å². The average Bonchev–Trinajstić information content (AvgIpc) is 2.42. The maximum absolute atomic E-state index is 12.6. The van der Waals surface area contributed by atoms with Crippen LogP contribution in [-0.4, -0.2) is 6.26 Å². The molecule has 0 atom stereocenters. The highest BCUT2D eigenvalue weighted by Crippen LogP contribution is 2.41. The van der Waals surface area contributed by atoms with E-state index in [4.69, 9.17) is 27.9 Å². The Balaban J connectivity index is 2.31. The minimum atomic E-state index is -4.51. The molecule has 0 saturated carbocycles. The summed E-state index contributed by atoms with van der Waals surface area (Å²) in [6.45, 7) is 0. The number of benzene rings is 2. The SMILES string of the molecule is CSc1ccc(Oc2c(Cl)cc(C(F)(F)F)cc2Cl)cc1. The van der Waals surface area contributed by atoms with Crippen LogP contribution in [0.5, 0.6) is 11.5 Å². The van der Waals surface area contributed by atoms with Gasteiger partial charge in [-0.15, -0.1) is 11.8 Å². The second-order valence-electron chi connectivity index (χ2n) is 4.04. The van der Waals surface area contributed by atoms with Gasteiger partial charge < -0.3 is 4.74 Å². The lowest BCUT2D eigenvalue weighted by Gasteiger charge is -2.13. The number of thioether (sulfide) groups is 1. The molecule has 0 aliphatic heterocycles. The third-order valence-corrected chi connectivity index (χ3v) is 3.91. The van der Waals surface area contributed by atoms with Crippen molar-refractivity contribution < 1.29 is 17.9 Å². The van der Waals surface area contributed by atoms with Crippen LogP contribution < -0.4 is 4.74 Å². The predicted octanol–water partition coefficient (Wildman–Crippen LogP) is 6.53. The first-order chi connectivity index (χ1) is 9.81. The number of hydrogen-bond acceptors (Lipinski definition) is 2. The summed E-state index contributed by atoms with van der Waals surface area (Å²) in [5.41, 5.74) is -0.914. The Morgan fingerprint density at radius 3 is 1.95 bits per heavy atom. The van der Waals surface area contributed by atoms with Crippen LogP contribution in [0.4, 0.5) is 13.2 Å². The molecule has 0 fully saturated rings. The molecule has 2 rings (SSSR count). The van der Waals surface area contributed by atoms with Crippen molar-refractivity contribution in [2.75, 3.05) is 6.26 Å². The Kier molecular flexibility index (Phi) is 4.96. The van der Waals surface area contributed by atoms with E-state index >= 15 is 0 Å². The van der Waals surface area contributed by atoms with Crippen molar-refractivity contribution in [3.63, 3.8) is 0 Å². The normalized spacial score (nSPS) is 11.5. The topological polar surface area (TPSA) is 9.23 Å². The van der Waals surface area contributed by atoms with E-state index in [1.54, 1.807) is 23.9 Å². The minimum Gasteiger partial charge on any atom is -0.454 e. The molecule has 0 heterocycles. The summed E-state index contributed by atoms with van der Waals surface area (Å²) in [5.74, 6) is 0.444. The second kappa shape index (κ2) is 6.38. The molecule has 0 aliphatic carbocycles. The van der Waals surface area contributed by atoms with Gasteiger partial charge in [0.25, 0.3) is 0 Å². The molecule has 2 aromatic rings. The Bertz CT molecular complexity index is 619. The lowest BCUT2D eigenvalue weighted by molar-refractivity contribution is -0.137. The highest BCUT2D eigenvalue weighted by molar-refractivity contribution is 7.98. The number of alkyl halides is 3. The van der Waals surface area contributed by atoms with Crippen LogP contribution in [0.2, 0.25) is 10.0 Å². The standard InChI is InChI=1S/C14H9Cl2F3OS/c1-21-10-4-2-9(3-5-10)20-13-11(15)6-8(7-12(13)16)14(17,18)19/h2-7H,1H3. The Labute approximate surface area is 134 Å². The molecule has 7 heteroatoms. The van der Waals surface area contributed by atoms with Crippen molar-refractivity contribution in [3.05, 3.63) is 52.0 Å². The van der Waals surface area contributed by atoms with Gasteiger partial charge in [0.05, 0.1) is 15.6 Å². The van der Waals surface area contributed by atoms with Gasteiger partial charge in [-0.3, -0.25) is 0 Å². The van der Waals surface area contributed by atoms with E-state index in [-0.39, 0.29) is 15.8 Å². The molecule has 0 aromatic heterocycles. The van der Waals surface area contributed by atoms with Gasteiger partial charge in [-0.05, 0) is 42.7 Å². The Morgan fingerprint density at radius 2 is 1.52 bits per heavy atom. The van der Waals surface area contributed by atoms with Crippen LogP contribution in [0.15, 0.2) is 41.3 Å². The number of ether oxygens (including phenoxy) is 1. The van der Waals surface area contributed by atoms with Gasteiger partial charge in [-0.1, -0.05) is 23.2 Å². The molecular weight excluding hydrogens is 344 g/mol. The van der Waals surface area contributed by atoms with Gasteiger partial charge >= 0.3 is 6.18 Å². The first-order valence-corrected chi connectivity index (χ1v) is 7.67. The third-order valence-electron chi connectivity index (χ3n) is 2.60. The van der Waals surface area contributed by atoms with Gasteiger partial charge in [0.2, 0.25) is 0 Å². The predicted molar refractivity (Wildman–Crippen MR) is 79.8 cm³/mol. The summed E-state index contributed by atoms with van der Waals surface area (Å²) >= 11 is 13.2. The molecule has 2 aromatic carbocycles. The zero-order valence-electron chi connectivity index (χ0n) is 10.7. The lowest BCUT2D eigenvalue weighted by Crippen LogP contribution is -2.05. The summed E-state index contributed by atoms with van der Waals surface area (Å²) < 4.78 is 43.4. The van der Waals surface area contributed by atoms with Crippen LogP contribution in [0.3, 0.4) is 0 Å². The smallest absolute Gasteiger partial charge is 0.416 e. The average molecular weight is 353 g/mol. The molecule has 0 amide bonds. The monoisotopic (exact) mass is 352 g/mol. The molecule has 21 heavy (non-hydrogen) atoms. The second-order valence-corrected chi connectivity index (χ2v) is 5.74. The highest BCUT2D eigenvalue weighted by Gasteiger charge is 2.32. The van der Waals surface area contributed by atoms with Crippen molar-refractivity contribution in [1.82, 2.24) is 0 Å². The van der Waals surface area contributed by atoms with E-state index in [1.165, 1.54) is 0 Å². The van der Waals surface area contributed by atoms with E-state index in [0.29, 0.717) is 5.75 Å². The molecule has 0 bridgehead atoms. The fourth-order valence-corrected chi connectivity index (χ4v) is 2.56. The maximum atomic E-state index is 12.6. The minimum absolute atomic E-state index is 0.00300. The van der Waals surface area contributed by atoms with E-state index < -0.39 is 11.7 Å². The van der Waals surface area contributed by atoms with Crippen molar-refractivity contribution in [2.24, 2.45) is 0 Å². The largest absolute Gasteiger partial charge is 0.454 e. The van der Waals surface area contributed by atoms with E-state index in [2.05, 4.69) is 0 Å². The molecule has 0 N–H and O–H groups in total. The van der Waals surface area contributed by atoms with Gasteiger partial charge in [-0.2, -0.15) is 13.2 Å². The maximum Gasteiger partial charge on any atom is 0.416 e. The molecule has 0 radical (unpaired) electrons. The molecular formula is C14H9Cl2F3OS. The Hall–Kier alpha value is -1.04. The number of rotatable bonds is 3. The van der Waals surface area contributed by atoms with Crippen molar-refractivity contribution in [3.8, 4) is 11.5 Å². The van der Waals surface area contributed by atoms with Crippen LogP contribution in [0.1, 0.15) is 5.56 Å². The third kappa shape index (κ3) is 3.99. The van der Waals surface area contributed by atoms with Crippen LogP contribution in [-0.2, 0) is 6.18 Å². The Morgan fingerprint density at radius 1 is 1.00 bits per heavy atom. The van der Waals surface area contributed by atoms with Crippen molar-refractivity contribution in [2.45, 2.75) is 11.1 Å². The summed E-state index contributed by atoms with van der Waals surface area (Å²) in [4.78, 5) is 1.03. The zero-order chi connectivity index (χ0) is 15.6. The van der Waals surface area contributed by atoms with Crippen molar-refractivity contribution >= 4 is 35.0 Å². The molecule has 0 unspecified atom stereocenters. The summed E-state index contributed by atoms with van der Waals surface area (Å²) in [5, 5.41) is -0.382. The molecule has 0 spiro atoms. The van der Waals surface area contributed by atoms with Gasteiger partial charge in [-0.25, -0.2) is 0 Å². The number of halogens is 5. The molecule has 1 nitrogen and oxygen atoms in total. The molecule has 112 valence electrons. The van der Waals surface area contributed by atoms with Gasteiger partial charge in [0.15, 0.2) is 5.75 Å². The molecule has 0 aliphatic rings. The lowest BCUT2D eigenvalue weighted by atomic mass is 10.2. The van der Waals surface area contributed by atoms with Crippen LogP contribution >= 0.6 is 35.0 Å². The first kappa shape index (κ1) is 16.3. The van der Waals surface area contributed by atoms with Gasteiger partial charge in [0, 0.05) is 4.90 Å². The zero-order valence-corrected chi connectivity index (χ0v) is 13.0. The highest BCUT2D eigenvalue weighted by atomic mass is 35.5.